The second kappa shape index (κ2) is 26.7. The van der Waals surface area contributed by atoms with Gasteiger partial charge in [-0.1, -0.05) is 251 Å². The summed E-state index contributed by atoms with van der Waals surface area (Å²) >= 11 is 0. The monoisotopic (exact) mass is 975 g/mol. The zero-order valence-corrected chi connectivity index (χ0v) is 44.9. The fourth-order valence-corrected chi connectivity index (χ4v) is 9.33. The van der Waals surface area contributed by atoms with Crippen molar-refractivity contribution in [2.45, 2.75) is 54.9 Å². The van der Waals surface area contributed by atoms with Crippen molar-refractivity contribution in [1.82, 2.24) is 4.57 Å². The summed E-state index contributed by atoms with van der Waals surface area (Å²) in [5, 5.41) is 2.52. The maximum atomic E-state index is 4.58. The van der Waals surface area contributed by atoms with Crippen LogP contribution in [0.2, 0.25) is 0 Å². The van der Waals surface area contributed by atoms with E-state index < -0.39 is 0 Å². The Balaban J connectivity index is 0.000000224. The van der Waals surface area contributed by atoms with Crippen LogP contribution in [0, 0.1) is 20.8 Å². The molecule has 2 nitrogen and oxygen atoms in total. The summed E-state index contributed by atoms with van der Waals surface area (Å²) in [4.78, 5) is 4.58. The molecule has 0 unspecified atom stereocenters. The molecule has 0 amide bonds. The van der Waals surface area contributed by atoms with E-state index in [4.69, 9.17) is 0 Å². The van der Waals surface area contributed by atoms with Crippen LogP contribution in [-0.2, 0) is 6.42 Å². The number of hydrogen-bond donors (Lipinski definition) is 0. The molecule has 0 fully saturated rings. The highest BCUT2D eigenvalue weighted by Crippen LogP contribution is 2.39. The predicted molar refractivity (Wildman–Crippen MR) is 329 cm³/mol. The van der Waals surface area contributed by atoms with Gasteiger partial charge in [0.1, 0.15) is 0 Å². The molecule has 2 heteroatoms. The van der Waals surface area contributed by atoms with Gasteiger partial charge in [-0.25, -0.2) is 0 Å². The zero-order chi connectivity index (χ0) is 53.1. The van der Waals surface area contributed by atoms with E-state index in [-0.39, 0.29) is 0 Å². The van der Waals surface area contributed by atoms with Crippen molar-refractivity contribution in [2.24, 2.45) is 4.99 Å². The average molecular weight is 975 g/mol. The van der Waals surface area contributed by atoms with E-state index in [0.29, 0.717) is 0 Å². The highest BCUT2D eigenvalue weighted by Gasteiger charge is 2.16. The molecule has 0 saturated carbocycles. The Kier molecular flexibility index (Phi) is 19.2. The second-order valence-corrected chi connectivity index (χ2v) is 18.1. The van der Waals surface area contributed by atoms with Crippen LogP contribution < -0.4 is 0 Å². The van der Waals surface area contributed by atoms with Gasteiger partial charge in [-0.3, -0.25) is 4.99 Å². The Morgan fingerprint density at radius 1 is 0.413 bits per heavy atom. The van der Waals surface area contributed by atoms with Gasteiger partial charge < -0.3 is 4.57 Å². The number of aliphatic imine (C=N–C) groups is 1. The minimum Gasteiger partial charge on any atom is -0.309 e. The fraction of sp³-hybridized carbons (Fsp3) is 0.110. The molecule has 0 bridgehead atoms. The zero-order valence-electron chi connectivity index (χ0n) is 44.9. The third-order valence-electron chi connectivity index (χ3n) is 13.2. The van der Waals surface area contributed by atoms with Crippen molar-refractivity contribution in [3.8, 4) is 50.2 Å². The van der Waals surface area contributed by atoms with Crippen molar-refractivity contribution in [3.05, 3.63) is 302 Å². The third-order valence-corrected chi connectivity index (χ3v) is 13.2. The molecule has 372 valence electrons. The standard InChI is InChI=1S/C44H33N.C17H17N.C8H10.C2H6.C2H4/c1-30-13-9-10-18-39(30)40-23-21-34(25-31(40)2)35-22-24-42-41-19-11-12-20-43(41)45(44(42)29-35)38-27-36(32-14-5-3-6-15-32)26-37(28-38)33-16-7-4-8-17-33;1-13-8-7-11-17(12-13)15(3)18-14(2)16-9-5-4-6-10-16;1-2-8-6-4-3-5-7-8;2*1-2/h3-29H,1-2H3;4-12H,2H2,1,3H3;3-7H,2H2,1H3;1-2H3;1-2H2. The number of hydrogen-bond acceptors (Lipinski definition) is 1. The van der Waals surface area contributed by atoms with E-state index >= 15 is 0 Å². The smallest absolute Gasteiger partial charge is 0.0633 e. The molecule has 0 saturated heterocycles. The lowest BCUT2D eigenvalue weighted by Crippen LogP contribution is -1.96. The molecule has 0 aliphatic heterocycles. The van der Waals surface area contributed by atoms with Gasteiger partial charge in [0.15, 0.2) is 0 Å². The molecule has 11 rings (SSSR count). The molecule has 0 spiro atoms. The average Bonchev–Trinajstić information content (AvgIpc) is 3.81. The molecule has 0 N–H and O–H groups in total. The highest BCUT2D eigenvalue weighted by atomic mass is 15.0. The minimum atomic E-state index is 0.801. The third kappa shape index (κ3) is 13.4. The molecule has 10 aromatic carbocycles. The van der Waals surface area contributed by atoms with Crippen LogP contribution in [0.15, 0.2) is 273 Å². The van der Waals surface area contributed by atoms with Crippen LogP contribution in [0.4, 0.5) is 0 Å². The summed E-state index contributed by atoms with van der Waals surface area (Å²) in [6.07, 6.45) is 1.14. The number of aryl methyl sites for hydroxylation is 4. The molecule has 0 radical (unpaired) electrons. The van der Waals surface area contributed by atoms with Gasteiger partial charge >= 0.3 is 0 Å². The normalized spacial score (nSPS) is 10.6. The molecule has 0 atom stereocenters. The summed E-state index contributed by atoms with van der Waals surface area (Å²) in [7, 11) is 0. The SMILES string of the molecule is C=C.C=C(N=C(C)c1cccc(C)c1)c1ccccc1.CC.CCc1ccccc1.Cc1ccccc1-c1ccc(-c2ccc3c4ccccc4n(-c4cc(-c5ccccc5)cc(-c5ccccc5)c4)c3c2)cc1C. The van der Waals surface area contributed by atoms with E-state index in [1.807, 2.05) is 57.2 Å². The van der Waals surface area contributed by atoms with Gasteiger partial charge in [-0.05, 0) is 137 Å². The topological polar surface area (TPSA) is 17.3 Å². The van der Waals surface area contributed by atoms with Crippen LogP contribution in [0.5, 0.6) is 0 Å². The summed E-state index contributed by atoms with van der Waals surface area (Å²) in [5.41, 5.74) is 22.7. The maximum absolute atomic E-state index is 4.58. The minimum absolute atomic E-state index is 0.801. The Morgan fingerprint density at radius 2 is 0.920 bits per heavy atom. The van der Waals surface area contributed by atoms with Gasteiger partial charge in [-0.2, -0.15) is 0 Å². The van der Waals surface area contributed by atoms with E-state index in [1.54, 1.807) is 0 Å². The van der Waals surface area contributed by atoms with Crippen molar-refractivity contribution in [2.75, 3.05) is 0 Å². The molecule has 0 aliphatic rings. The maximum Gasteiger partial charge on any atom is 0.0633 e. The van der Waals surface area contributed by atoms with E-state index in [2.05, 4.69) is 269 Å². The molecule has 11 aromatic rings. The van der Waals surface area contributed by atoms with Crippen molar-refractivity contribution in [3.63, 3.8) is 0 Å². The Labute approximate surface area is 447 Å². The van der Waals surface area contributed by atoms with Gasteiger partial charge in [0, 0.05) is 22.2 Å². The lowest BCUT2D eigenvalue weighted by atomic mass is 9.93. The van der Waals surface area contributed by atoms with E-state index in [0.717, 1.165) is 34.6 Å². The Bertz CT molecular complexity index is 3560. The lowest BCUT2D eigenvalue weighted by Gasteiger charge is -2.15. The molecule has 0 aliphatic carbocycles. The van der Waals surface area contributed by atoms with Crippen LogP contribution in [0.25, 0.3) is 77.7 Å². The fourth-order valence-electron chi connectivity index (χ4n) is 9.33. The van der Waals surface area contributed by atoms with Crippen LogP contribution >= 0.6 is 0 Å². The quantitative estimate of drug-likeness (QED) is 0.101. The number of benzene rings is 10. The number of aromatic nitrogens is 1. The first-order valence-electron chi connectivity index (χ1n) is 26.1. The first kappa shape index (κ1) is 53.9. The Morgan fingerprint density at radius 3 is 1.51 bits per heavy atom. The van der Waals surface area contributed by atoms with Crippen LogP contribution in [-0.4, -0.2) is 10.3 Å². The summed E-state index contributed by atoms with van der Waals surface area (Å²) in [6, 6.07) is 88.4. The predicted octanol–water partition coefficient (Wildman–Crippen LogP) is 20.6. The van der Waals surface area contributed by atoms with Crippen molar-refractivity contribution >= 4 is 33.2 Å². The number of nitrogens with zero attached hydrogens (tertiary/aromatic N) is 2. The van der Waals surface area contributed by atoms with Gasteiger partial charge in [-0.15, -0.1) is 13.2 Å². The van der Waals surface area contributed by atoms with Gasteiger partial charge in [0.25, 0.3) is 0 Å². The van der Waals surface area contributed by atoms with Crippen molar-refractivity contribution in [1.29, 1.82) is 0 Å². The van der Waals surface area contributed by atoms with Gasteiger partial charge in [0.05, 0.1) is 16.7 Å². The van der Waals surface area contributed by atoms with Crippen LogP contribution in [0.3, 0.4) is 0 Å². The summed E-state index contributed by atoms with van der Waals surface area (Å²) in [5.74, 6) is 0. The number of fused-ring (bicyclic) bond motifs is 3. The number of para-hydroxylation sites is 1. The second-order valence-electron chi connectivity index (χ2n) is 18.1. The molecule has 1 heterocycles. The summed E-state index contributed by atoms with van der Waals surface area (Å²) < 4.78 is 2.45. The van der Waals surface area contributed by atoms with E-state index in [1.165, 1.54) is 88.6 Å². The largest absolute Gasteiger partial charge is 0.309 e. The first-order valence-corrected chi connectivity index (χ1v) is 26.1. The number of rotatable bonds is 9. The van der Waals surface area contributed by atoms with Crippen molar-refractivity contribution < 1.29 is 0 Å². The summed E-state index contributed by atoms with van der Waals surface area (Å²) in [6.45, 7) is 24.7. The van der Waals surface area contributed by atoms with Crippen LogP contribution in [0.1, 0.15) is 61.1 Å². The molecule has 1 aromatic heterocycles. The molecule has 75 heavy (non-hydrogen) atoms. The molecular formula is C73H70N2. The molecular weight excluding hydrogens is 905 g/mol. The highest BCUT2D eigenvalue weighted by molar-refractivity contribution is 6.10. The van der Waals surface area contributed by atoms with Gasteiger partial charge in [0.2, 0.25) is 0 Å². The lowest BCUT2D eigenvalue weighted by molar-refractivity contribution is 1.14. The Hall–Kier alpha value is -8.85. The van der Waals surface area contributed by atoms with E-state index in [9.17, 15) is 0 Å². The first-order chi connectivity index (χ1) is 36.7.